The second-order valence-electron chi connectivity index (χ2n) is 10.2. The Balaban J connectivity index is 1.63. The highest BCUT2D eigenvalue weighted by molar-refractivity contribution is 6.34. The Kier molecular flexibility index (Phi) is 7.94. The summed E-state index contributed by atoms with van der Waals surface area (Å²) < 4.78 is 67.7. The molecule has 11 heteroatoms. The van der Waals surface area contributed by atoms with Crippen LogP contribution in [0.25, 0.3) is 11.1 Å². The van der Waals surface area contributed by atoms with Crippen LogP contribution in [-0.4, -0.2) is 31.1 Å². The van der Waals surface area contributed by atoms with Gasteiger partial charge in [0, 0.05) is 47.8 Å². The van der Waals surface area contributed by atoms with Crippen LogP contribution in [0.15, 0.2) is 48.5 Å². The molecule has 5 rings (SSSR count). The zero-order valence-corrected chi connectivity index (χ0v) is 22.1. The van der Waals surface area contributed by atoms with E-state index >= 15 is 8.78 Å². The van der Waals surface area contributed by atoms with Crippen LogP contribution in [0.2, 0.25) is 5.02 Å². The van der Waals surface area contributed by atoms with E-state index in [-0.39, 0.29) is 35.4 Å². The summed E-state index contributed by atoms with van der Waals surface area (Å²) >= 11 is 6.40. The number of benzene rings is 3. The molecule has 1 saturated carbocycles. The zero-order chi connectivity index (χ0) is 28.6. The highest BCUT2D eigenvalue weighted by Crippen LogP contribution is 2.50. The Morgan fingerprint density at radius 3 is 2.45 bits per heavy atom. The van der Waals surface area contributed by atoms with Gasteiger partial charge in [0.15, 0.2) is 17.2 Å². The lowest BCUT2D eigenvalue weighted by molar-refractivity contribution is -0.0521. The van der Waals surface area contributed by atoms with Crippen molar-refractivity contribution in [3.63, 3.8) is 0 Å². The molecule has 212 valence electrons. The fraction of sp³-hybridized carbons (Fsp3) is 0.345. The molecule has 0 saturated heterocycles. The second kappa shape index (κ2) is 11.3. The molecule has 40 heavy (non-hydrogen) atoms. The summed E-state index contributed by atoms with van der Waals surface area (Å²) in [6.07, 6.45) is 3.64. The lowest BCUT2D eigenvalue weighted by Crippen LogP contribution is -2.47. The first kappa shape index (κ1) is 28.2. The Hall–Kier alpha value is -3.34. The molecule has 1 heterocycles. The first-order chi connectivity index (χ1) is 19.1. The third kappa shape index (κ3) is 5.35. The highest BCUT2D eigenvalue weighted by Gasteiger charge is 2.44. The SMILES string of the molecule is NC(=O)c1ccc(OC(F)F)c(F)c1-c1c(Cl)c(F)cc2c1C[C@@](CNC1CCC(N)CC1)(c1ccccc1)O2. The molecule has 0 aromatic heterocycles. The summed E-state index contributed by atoms with van der Waals surface area (Å²) in [4.78, 5) is 12.3. The van der Waals surface area contributed by atoms with Crippen molar-refractivity contribution in [2.75, 3.05) is 6.54 Å². The molecule has 6 nitrogen and oxygen atoms in total. The number of rotatable bonds is 8. The van der Waals surface area contributed by atoms with Gasteiger partial charge < -0.3 is 26.3 Å². The maximum absolute atomic E-state index is 15.7. The Morgan fingerprint density at radius 2 is 1.80 bits per heavy atom. The number of nitrogens with two attached hydrogens (primary N) is 2. The normalized spacial score (nSPS) is 22.2. The number of halogens is 5. The van der Waals surface area contributed by atoms with Crippen molar-refractivity contribution in [2.45, 2.75) is 56.4 Å². The van der Waals surface area contributed by atoms with E-state index in [1.807, 2.05) is 30.3 Å². The van der Waals surface area contributed by atoms with Crippen LogP contribution in [0.4, 0.5) is 17.6 Å². The molecule has 1 atom stereocenters. The van der Waals surface area contributed by atoms with E-state index in [1.54, 1.807) is 0 Å². The zero-order valence-electron chi connectivity index (χ0n) is 21.4. The van der Waals surface area contributed by atoms with Crippen molar-refractivity contribution in [3.05, 3.63) is 81.9 Å². The Labute approximate surface area is 233 Å². The molecule has 0 spiro atoms. The summed E-state index contributed by atoms with van der Waals surface area (Å²) in [5, 5.41) is 3.06. The van der Waals surface area contributed by atoms with E-state index < -0.39 is 46.1 Å². The fourth-order valence-electron chi connectivity index (χ4n) is 5.63. The van der Waals surface area contributed by atoms with Crippen LogP contribution in [0.3, 0.4) is 0 Å². The van der Waals surface area contributed by atoms with Gasteiger partial charge in [0.05, 0.1) is 10.6 Å². The summed E-state index contributed by atoms with van der Waals surface area (Å²) in [5.74, 6) is -4.07. The summed E-state index contributed by atoms with van der Waals surface area (Å²) in [6.45, 7) is -3.02. The van der Waals surface area contributed by atoms with Gasteiger partial charge in [0.25, 0.3) is 0 Å². The van der Waals surface area contributed by atoms with Gasteiger partial charge in [-0.25, -0.2) is 8.78 Å². The number of amides is 1. The van der Waals surface area contributed by atoms with Crippen LogP contribution < -0.4 is 26.3 Å². The lowest BCUT2D eigenvalue weighted by atomic mass is 9.84. The van der Waals surface area contributed by atoms with Gasteiger partial charge in [-0.2, -0.15) is 8.78 Å². The molecule has 0 radical (unpaired) electrons. The highest BCUT2D eigenvalue weighted by atomic mass is 35.5. The first-order valence-corrected chi connectivity index (χ1v) is 13.3. The van der Waals surface area contributed by atoms with E-state index in [2.05, 4.69) is 10.1 Å². The minimum absolute atomic E-state index is 0.0863. The predicted molar refractivity (Wildman–Crippen MR) is 143 cm³/mol. The molecule has 1 aliphatic heterocycles. The van der Waals surface area contributed by atoms with Gasteiger partial charge in [0.1, 0.15) is 11.6 Å². The minimum Gasteiger partial charge on any atom is -0.480 e. The molecule has 5 N–H and O–H groups in total. The molecular weight excluding hydrogens is 550 g/mol. The third-order valence-corrected chi connectivity index (χ3v) is 8.01. The minimum atomic E-state index is -3.34. The fourth-order valence-corrected chi connectivity index (χ4v) is 5.89. The molecule has 0 bridgehead atoms. The number of fused-ring (bicyclic) bond motifs is 1. The maximum Gasteiger partial charge on any atom is 0.387 e. The largest absolute Gasteiger partial charge is 0.480 e. The average Bonchev–Trinajstić information content (AvgIpc) is 3.30. The number of ether oxygens (including phenoxy) is 2. The maximum atomic E-state index is 15.7. The number of primary amides is 1. The van der Waals surface area contributed by atoms with Crippen molar-refractivity contribution >= 4 is 17.5 Å². The van der Waals surface area contributed by atoms with Crippen molar-refractivity contribution in [3.8, 4) is 22.6 Å². The summed E-state index contributed by atoms with van der Waals surface area (Å²) in [6, 6.07) is 12.6. The average molecular weight is 578 g/mol. The standard InChI is InChI=1S/C29H28ClF4N3O3/c30-25-20(31)12-22-19(23(25)24-18(27(36)38)10-11-21(26(24)32)39-28(33)34)13-29(40-22,15-4-2-1-3-5-15)14-37-17-8-6-16(35)7-9-17/h1-5,10-12,16-17,28,37H,6-9,13-14,35H2,(H2,36,38)/t16?,17?,29-/m1/s1. The molecular formula is C29H28ClF4N3O3. The summed E-state index contributed by atoms with van der Waals surface area (Å²) in [7, 11) is 0. The lowest BCUT2D eigenvalue weighted by Gasteiger charge is -2.34. The molecule has 2 aliphatic rings. The van der Waals surface area contributed by atoms with Crippen LogP contribution in [0.1, 0.15) is 47.2 Å². The monoisotopic (exact) mass is 577 g/mol. The topological polar surface area (TPSA) is 99.6 Å². The van der Waals surface area contributed by atoms with Crippen LogP contribution in [0, 0.1) is 11.6 Å². The van der Waals surface area contributed by atoms with E-state index in [4.69, 9.17) is 27.8 Å². The van der Waals surface area contributed by atoms with E-state index in [1.165, 1.54) is 0 Å². The third-order valence-electron chi connectivity index (χ3n) is 7.64. The van der Waals surface area contributed by atoms with Crippen LogP contribution in [-0.2, 0) is 12.0 Å². The molecule has 3 aromatic carbocycles. The van der Waals surface area contributed by atoms with Gasteiger partial charge in [-0.1, -0.05) is 41.9 Å². The molecule has 3 aromatic rings. The number of alkyl halides is 2. The van der Waals surface area contributed by atoms with Crippen molar-refractivity contribution in [1.29, 1.82) is 0 Å². The van der Waals surface area contributed by atoms with Crippen molar-refractivity contribution < 1.29 is 31.8 Å². The van der Waals surface area contributed by atoms with Gasteiger partial charge in [-0.3, -0.25) is 4.79 Å². The number of hydrogen-bond acceptors (Lipinski definition) is 5. The van der Waals surface area contributed by atoms with Crippen LogP contribution in [0.5, 0.6) is 11.5 Å². The number of carbonyl (C=O) groups excluding carboxylic acids is 1. The first-order valence-electron chi connectivity index (χ1n) is 12.9. The quantitative estimate of drug-likeness (QED) is 0.299. The Morgan fingerprint density at radius 1 is 1.10 bits per heavy atom. The number of nitrogens with one attached hydrogen (secondary N) is 1. The molecule has 1 amide bonds. The van der Waals surface area contributed by atoms with E-state index in [0.717, 1.165) is 49.4 Å². The smallest absolute Gasteiger partial charge is 0.387 e. The molecule has 0 unspecified atom stereocenters. The van der Waals surface area contributed by atoms with Gasteiger partial charge in [-0.15, -0.1) is 0 Å². The predicted octanol–water partition coefficient (Wildman–Crippen LogP) is 5.68. The van der Waals surface area contributed by atoms with E-state index in [0.29, 0.717) is 12.1 Å². The summed E-state index contributed by atoms with van der Waals surface area (Å²) in [5.41, 5.74) is 10.5. The van der Waals surface area contributed by atoms with Gasteiger partial charge >= 0.3 is 6.61 Å². The second-order valence-corrected chi connectivity index (χ2v) is 10.6. The molecule has 1 fully saturated rings. The van der Waals surface area contributed by atoms with Crippen molar-refractivity contribution in [2.24, 2.45) is 11.5 Å². The van der Waals surface area contributed by atoms with Crippen LogP contribution >= 0.6 is 11.6 Å². The number of hydrogen-bond donors (Lipinski definition) is 3. The van der Waals surface area contributed by atoms with Gasteiger partial charge in [0.2, 0.25) is 5.91 Å². The Bertz CT molecular complexity index is 1420. The number of carbonyl (C=O) groups is 1. The van der Waals surface area contributed by atoms with E-state index in [9.17, 15) is 13.6 Å². The van der Waals surface area contributed by atoms with Gasteiger partial charge in [-0.05, 0) is 43.4 Å². The van der Waals surface area contributed by atoms with Crippen molar-refractivity contribution in [1.82, 2.24) is 5.32 Å². The molecule has 1 aliphatic carbocycles.